The summed E-state index contributed by atoms with van der Waals surface area (Å²) in [6.45, 7) is 5.71. The Kier molecular flexibility index (Phi) is 5.92. The number of nitrogens with zero attached hydrogens (tertiary/aromatic N) is 4. The zero-order valence-electron chi connectivity index (χ0n) is 17.1. The van der Waals surface area contributed by atoms with Crippen molar-refractivity contribution in [3.05, 3.63) is 59.9 Å². The number of benzene rings is 2. The third kappa shape index (κ3) is 4.70. The highest BCUT2D eigenvalue weighted by atomic mass is 32.1. The molecule has 31 heavy (non-hydrogen) atoms. The van der Waals surface area contributed by atoms with E-state index in [1.807, 2.05) is 51.1 Å². The summed E-state index contributed by atoms with van der Waals surface area (Å²) in [6, 6.07) is 14.6. The van der Waals surface area contributed by atoms with E-state index < -0.39 is 0 Å². The Balaban J connectivity index is 1.50. The molecule has 0 radical (unpaired) electrons. The Bertz CT molecular complexity index is 1260. The predicted octanol–water partition coefficient (Wildman–Crippen LogP) is 4.08. The summed E-state index contributed by atoms with van der Waals surface area (Å²) in [6.07, 6.45) is 0.0193. The van der Waals surface area contributed by atoms with Crippen molar-refractivity contribution >= 4 is 45.2 Å². The summed E-state index contributed by atoms with van der Waals surface area (Å²) in [4.78, 5) is 13.3. The van der Waals surface area contributed by atoms with Crippen LogP contribution in [-0.4, -0.2) is 36.9 Å². The Labute approximate surface area is 188 Å². The number of hydrogen-bond acceptors (Lipinski definition) is 7. The van der Waals surface area contributed by atoms with Gasteiger partial charge in [0.25, 0.3) is 5.91 Å². The Morgan fingerprint density at radius 3 is 2.74 bits per heavy atom. The van der Waals surface area contributed by atoms with Crippen molar-refractivity contribution in [1.29, 1.82) is 0 Å². The van der Waals surface area contributed by atoms with Gasteiger partial charge < -0.3 is 10.1 Å². The van der Waals surface area contributed by atoms with Crippen LogP contribution < -0.4 is 15.4 Å². The van der Waals surface area contributed by atoms with E-state index in [0.717, 1.165) is 22.1 Å². The van der Waals surface area contributed by atoms with Crippen LogP contribution in [0.2, 0.25) is 0 Å². The zero-order valence-corrected chi connectivity index (χ0v) is 18.8. The van der Waals surface area contributed by atoms with Crippen LogP contribution in [0.1, 0.15) is 30.0 Å². The standard InChI is InChI=1S/C21H20N6O2S2/c1-12(2)29-15-8-6-7-14(11-15)18(28)23-20(30)22-17-10-5-4-9-16(17)19-26-27-13(3)24-25-21(27)31-19/h4-12H,1-3H3,(H2,22,23,28,30). The van der Waals surface area contributed by atoms with Crippen LogP contribution in [0.3, 0.4) is 0 Å². The van der Waals surface area contributed by atoms with Crippen LogP contribution in [0, 0.1) is 6.92 Å². The van der Waals surface area contributed by atoms with Gasteiger partial charge in [0.15, 0.2) is 10.9 Å². The number of aromatic nitrogens is 4. The summed E-state index contributed by atoms with van der Waals surface area (Å²) in [5.74, 6) is 1.03. The van der Waals surface area contributed by atoms with E-state index in [1.54, 1.807) is 22.7 Å². The van der Waals surface area contributed by atoms with E-state index in [0.29, 0.717) is 16.3 Å². The molecule has 0 aliphatic carbocycles. The predicted molar refractivity (Wildman–Crippen MR) is 125 cm³/mol. The minimum Gasteiger partial charge on any atom is -0.491 e. The number of nitrogens with one attached hydrogen (secondary N) is 2. The molecule has 158 valence electrons. The number of fused-ring (bicyclic) bond motifs is 1. The molecule has 0 fully saturated rings. The summed E-state index contributed by atoms with van der Waals surface area (Å²) in [7, 11) is 0. The average Bonchev–Trinajstić information content (AvgIpc) is 3.30. The highest BCUT2D eigenvalue weighted by molar-refractivity contribution is 7.80. The van der Waals surface area contributed by atoms with Crippen molar-refractivity contribution in [2.24, 2.45) is 0 Å². The molecule has 0 atom stereocenters. The largest absolute Gasteiger partial charge is 0.491 e. The van der Waals surface area contributed by atoms with Gasteiger partial charge >= 0.3 is 0 Å². The van der Waals surface area contributed by atoms with Crippen LogP contribution in [0.5, 0.6) is 5.75 Å². The number of carbonyl (C=O) groups is 1. The Morgan fingerprint density at radius 1 is 1.16 bits per heavy atom. The van der Waals surface area contributed by atoms with Gasteiger partial charge in [0, 0.05) is 11.1 Å². The molecular weight excluding hydrogens is 432 g/mol. The maximum atomic E-state index is 12.6. The second-order valence-corrected chi connectivity index (χ2v) is 8.36. The second kappa shape index (κ2) is 8.78. The van der Waals surface area contributed by atoms with Crippen molar-refractivity contribution in [2.75, 3.05) is 5.32 Å². The van der Waals surface area contributed by atoms with Crippen LogP contribution in [0.4, 0.5) is 5.69 Å². The second-order valence-electron chi connectivity index (χ2n) is 7.00. The van der Waals surface area contributed by atoms with Gasteiger partial charge in [-0.15, -0.1) is 10.2 Å². The molecule has 0 spiro atoms. The normalized spacial score (nSPS) is 11.0. The molecule has 4 aromatic rings. The highest BCUT2D eigenvalue weighted by Gasteiger charge is 2.15. The summed E-state index contributed by atoms with van der Waals surface area (Å²) in [5.41, 5.74) is 2.04. The fourth-order valence-corrected chi connectivity index (χ4v) is 4.04. The van der Waals surface area contributed by atoms with Crippen molar-refractivity contribution in [3.63, 3.8) is 0 Å². The van der Waals surface area contributed by atoms with Gasteiger partial charge in [0.05, 0.1) is 11.8 Å². The molecular formula is C21H20N6O2S2. The molecule has 0 unspecified atom stereocenters. The van der Waals surface area contributed by atoms with E-state index in [-0.39, 0.29) is 17.1 Å². The highest BCUT2D eigenvalue weighted by Crippen LogP contribution is 2.31. The molecule has 2 heterocycles. The van der Waals surface area contributed by atoms with Crippen LogP contribution in [0.25, 0.3) is 15.5 Å². The minimum atomic E-state index is -0.321. The first-order valence-corrected chi connectivity index (χ1v) is 10.8. The number of rotatable bonds is 5. The molecule has 0 aliphatic rings. The van der Waals surface area contributed by atoms with Crippen LogP contribution >= 0.6 is 23.6 Å². The van der Waals surface area contributed by atoms with E-state index in [1.165, 1.54) is 11.3 Å². The SMILES string of the molecule is Cc1nnc2sc(-c3ccccc3NC(=S)NC(=O)c3cccc(OC(C)C)c3)nn12. The lowest BCUT2D eigenvalue weighted by Crippen LogP contribution is -2.34. The molecule has 0 aliphatic heterocycles. The topological polar surface area (TPSA) is 93.4 Å². The number of ether oxygens (including phenoxy) is 1. The first kappa shape index (κ1) is 20.9. The maximum Gasteiger partial charge on any atom is 0.257 e. The molecule has 0 saturated carbocycles. The van der Waals surface area contributed by atoms with Crippen molar-refractivity contribution in [3.8, 4) is 16.3 Å². The molecule has 2 N–H and O–H groups in total. The van der Waals surface area contributed by atoms with Gasteiger partial charge in [-0.2, -0.15) is 9.61 Å². The van der Waals surface area contributed by atoms with Gasteiger partial charge in [0.1, 0.15) is 10.8 Å². The number of carbonyl (C=O) groups excluding carboxylic acids is 1. The first-order valence-electron chi connectivity index (χ1n) is 9.58. The molecule has 0 saturated heterocycles. The fourth-order valence-electron chi connectivity index (χ4n) is 2.91. The van der Waals surface area contributed by atoms with Crippen LogP contribution in [-0.2, 0) is 0 Å². The molecule has 2 aromatic heterocycles. The van der Waals surface area contributed by atoms with E-state index in [9.17, 15) is 4.79 Å². The lowest BCUT2D eigenvalue weighted by atomic mass is 10.2. The smallest absolute Gasteiger partial charge is 0.257 e. The average molecular weight is 453 g/mol. The lowest BCUT2D eigenvalue weighted by Gasteiger charge is -2.13. The summed E-state index contributed by atoms with van der Waals surface area (Å²) < 4.78 is 7.35. The molecule has 8 nitrogen and oxygen atoms in total. The van der Waals surface area contributed by atoms with Gasteiger partial charge in [-0.1, -0.05) is 29.5 Å². The first-order chi connectivity index (χ1) is 14.9. The maximum absolute atomic E-state index is 12.6. The van der Waals surface area contributed by atoms with E-state index >= 15 is 0 Å². The minimum absolute atomic E-state index is 0.0193. The van der Waals surface area contributed by atoms with Gasteiger partial charge in [0.2, 0.25) is 4.96 Å². The molecule has 0 bridgehead atoms. The third-order valence-electron chi connectivity index (χ3n) is 4.25. The van der Waals surface area contributed by atoms with Crippen LogP contribution in [0.15, 0.2) is 48.5 Å². The number of hydrogen-bond donors (Lipinski definition) is 2. The molecule has 2 aromatic carbocycles. The Hall–Kier alpha value is -3.37. The number of aryl methyl sites for hydroxylation is 1. The van der Waals surface area contributed by atoms with E-state index in [4.69, 9.17) is 17.0 Å². The monoisotopic (exact) mass is 452 g/mol. The number of thiocarbonyl (C=S) groups is 1. The van der Waals surface area contributed by atoms with Crippen molar-refractivity contribution < 1.29 is 9.53 Å². The molecule has 1 amide bonds. The van der Waals surface area contributed by atoms with E-state index in [2.05, 4.69) is 25.9 Å². The fraction of sp³-hybridized carbons (Fsp3) is 0.190. The third-order valence-corrected chi connectivity index (χ3v) is 5.38. The van der Waals surface area contributed by atoms with Gasteiger partial charge in [-0.3, -0.25) is 10.1 Å². The Morgan fingerprint density at radius 2 is 1.97 bits per heavy atom. The van der Waals surface area contributed by atoms with Crippen molar-refractivity contribution in [2.45, 2.75) is 26.9 Å². The number of amides is 1. The summed E-state index contributed by atoms with van der Waals surface area (Å²) in [5, 5.41) is 19.5. The zero-order chi connectivity index (χ0) is 22.0. The number of para-hydroxylation sites is 1. The molecule has 4 rings (SSSR count). The van der Waals surface area contributed by atoms with Gasteiger partial charge in [-0.05, 0) is 63.3 Å². The van der Waals surface area contributed by atoms with Gasteiger partial charge in [-0.25, -0.2) is 0 Å². The summed E-state index contributed by atoms with van der Waals surface area (Å²) >= 11 is 6.80. The quantitative estimate of drug-likeness (QED) is 0.441. The molecule has 10 heteroatoms. The lowest BCUT2D eigenvalue weighted by molar-refractivity contribution is 0.0977. The number of anilines is 1. The van der Waals surface area contributed by atoms with Crippen molar-refractivity contribution in [1.82, 2.24) is 25.1 Å².